The Morgan fingerprint density at radius 1 is 1.23 bits per heavy atom. The number of carboxylic acids is 1. The van der Waals surface area contributed by atoms with Crippen molar-refractivity contribution in [1.29, 1.82) is 0 Å². The Bertz CT molecular complexity index is 639. The van der Waals surface area contributed by atoms with Gasteiger partial charge < -0.3 is 14.6 Å². The smallest absolute Gasteiger partial charge is 0.303 e. The van der Waals surface area contributed by atoms with Crippen LogP contribution in [-0.2, 0) is 14.8 Å². The number of hydrogen-bond acceptors (Lipinski definition) is 5. The second kappa shape index (κ2) is 6.97. The third-order valence-corrected chi connectivity index (χ3v) is 4.74. The van der Waals surface area contributed by atoms with Crippen LogP contribution in [0.2, 0.25) is 0 Å². The van der Waals surface area contributed by atoms with Crippen LogP contribution in [0.1, 0.15) is 26.7 Å². The molecule has 0 aliphatic carbocycles. The summed E-state index contributed by atoms with van der Waals surface area (Å²) in [6.45, 7) is 3.27. The molecule has 1 rings (SSSR count). The molecule has 2 N–H and O–H groups in total. The van der Waals surface area contributed by atoms with Gasteiger partial charge in [-0.1, -0.05) is 0 Å². The Morgan fingerprint density at radius 2 is 1.82 bits per heavy atom. The van der Waals surface area contributed by atoms with Gasteiger partial charge in [0.25, 0.3) is 0 Å². The molecule has 124 valence electrons. The third-order valence-electron chi connectivity index (χ3n) is 3.04. The van der Waals surface area contributed by atoms with Crippen molar-refractivity contribution in [3.63, 3.8) is 0 Å². The predicted molar refractivity (Wildman–Crippen MR) is 80.8 cm³/mol. The van der Waals surface area contributed by atoms with Gasteiger partial charge in [-0.3, -0.25) is 4.79 Å². The molecular formula is C14H21NO6S. The molecule has 0 aromatic heterocycles. The molecule has 0 amide bonds. The largest absolute Gasteiger partial charge is 0.493 e. The lowest BCUT2D eigenvalue weighted by Gasteiger charge is -2.25. The maximum Gasteiger partial charge on any atom is 0.303 e. The molecule has 0 unspecified atom stereocenters. The normalized spacial score (nSPS) is 12.0. The topological polar surface area (TPSA) is 102 Å². The van der Waals surface area contributed by atoms with Crippen LogP contribution in [0, 0.1) is 0 Å². The maximum absolute atomic E-state index is 12.4. The fourth-order valence-corrected chi connectivity index (χ4v) is 3.33. The summed E-state index contributed by atoms with van der Waals surface area (Å²) in [6, 6.07) is 4.25. The van der Waals surface area contributed by atoms with Gasteiger partial charge in [0.2, 0.25) is 10.0 Å². The number of benzene rings is 1. The molecule has 7 nitrogen and oxygen atoms in total. The fraction of sp³-hybridized carbons (Fsp3) is 0.500. The van der Waals surface area contributed by atoms with Gasteiger partial charge in [0, 0.05) is 18.0 Å². The Kier molecular flexibility index (Phi) is 5.78. The minimum Gasteiger partial charge on any atom is -0.493 e. The number of sulfonamides is 1. The van der Waals surface area contributed by atoms with E-state index in [4.69, 9.17) is 14.6 Å². The molecule has 0 spiro atoms. The standard InChI is InChI=1S/C14H21NO6S/c1-14(2,8-7-13(16)17)15-22(18,19)10-5-6-11(20-3)12(9-10)21-4/h5-6,9,15H,7-8H2,1-4H3,(H,16,17). The number of ether oxygens (including phenoxy) is 2. The van der Waals surface area contributed by atoms with Crippen molar-refractivity contribution >= 4 is 16.0 Å². The van der Waals surface area contributed by atoms with Gasteiger partial charge in [0.1, 0.15) is 0 Å². The van der Waals surface area contributed by atoms with E-state index in [0.29, 0.717) is 11.5 Å². The number of nitrogens with one attached hydrogen (secondary N) is 1. The summed E-state index contributed by atoms with van der Waals surface area (Å²) in [5.74, 6) is -0.251. The van der Waals surface area contributed by atoms with E-state index in [9.17, 15) is 13.2 Å². The zero-order chi connectivity index (χ0) is 17.0. The van der Waals surface area contributed by atoms with Gasteiger partial charge in [-0.2, -0.15) is 0 Å². The van der Waals surface area contributed by atoms with Crippen LogP contribution in [-0.4, -0.2) is 39.3 Å². The quantitative estimate of drug-likeness (QED) is 0.750. The van der Waals surface area contributed by atoms with Gasteiger partial charge in [-0.05, 0) is 32.4 Å². The van der Waals surface area contributed by atoms with Crippen LogP contribution in [0.5, 0.6) is 11.5 Å². The maximum atomic E-state index is 12.4. The molecule has 8 heteroatoms. The van der Waals surface area contributed by atoms with Gasteiger partial charge in [-0.15, -0.1) is 0 Å². The van der Waals surface area contributed by atoms with E-state index in [1.54, 1.807) is 13.8 Å². The predicted octanol–water partition coefficient (Wildman–Crippen LogP) is 1.63. The van der Waals surface area contributed by atoms with Crippen LogP contribution < -0.4 is 14.2 Å². The fourth-order valence-electron chi connectivity index (χ4n) is 1.88. The van der Waals surface area contributed by atoms with E-state index in [-0.39, 0.29) is 17.7 Å². The van der Waals surface area contributed by atoms with E-state index >= 15 is 0 Å². The Labute approximate surface area is 130 Å². The number of rotatable bonds is 8. The monoisotopic (exact) mass is 331 g/mol. The van der Waals surface area contributed by atoms with E-state index < -0.39 is 21.5 Å². The van der Waals surface area contributed by atoms with Gasteiger partial charge in [0.05, 0.1) is 19.1 Å². The molecule has 22 heavy (non-hydrogen) atoms. The van der Waals surface area contributed by atoms with Gasteiger partial charge in [0.15, 0.2) is 11.5 Å². The van der Waals surface area contributed by atoms with E-state index in [1.807, 2.05) is 0 Å². The number of hydrogen-bond donors (Lipinski definition) is 2. The number of aliphatic carboxylic acids is 1. The third kappa shape index (κ3) is 4.88. The molecule has 0 atom stereocenters. The highest BCUT2D eigenvalue weighted by molar-refractivity contribution is 7.89. The first kappa shape index (κ1) is 18.2. The van der Waals surface area contributed by atoms with Crippen molar-refractivity contribution in [2.24, 2.45) is 0 Å². The van der Waals surface area contributed by atoms with Crippen molar-refractivity contribution in [3.05, 3.63) is 18.2 Å². The Balaban J connectivity index is 3.01. The van der Waals surface area contributed by atoms with Crippen molar-refractivity contribution in [1.82, 2.24) is 4.72 Å². The first-order chi connectivity index (χ1) is 10.1. The summed E-state index contributed by atoms with van der Waals surface area (Å²) in [5.41, 5.74) is -0.885. The zero-order valence-electron chi connectivity index (χ0n) is 13.0. The summed E-state index contributed by atoms with van der Waals surface area (Å²) >= 11 is 0. The van der Waals surface area contributed by atoms with Crippen molar-refractivity contribution in [2.45, 2.75) is 37.1 Å². The summed E-state index contributed by atoms with van der Waals surface area (Å²) in [7, 11) is -0.929. The van der Waals surface area contributed by atoms with Crippen LogP contribution in [0.4, 0.5) is 0 Å². The molecular weight excluding hydrogens is 310 g/mol. The number of methoxy groups -OCH3 is 2. The summed E-state index contributed by atoms with van der Waals surface area (Å²) < 4.78 is 37.5. The molecule has 0 radical (unpaired) electrons. The van der Waals surface area contributed by atoms with Gasteiger partial charge in [-0.25, -0.2) is 13.1 Å². The lowest BCUT2D eigenvalue weighted by Crippen LogP contribution is -2.43. The molecule has 1 aromatic carbocycles. The number of carbonyl (C=O) groups is 1. The van der Waals surface area contributed by atoms with E-state index in [2.05, 4.69) is 4.72 Å². The highest BCUT2D eigenvalue weighted by Crippen LogP contribution is 2.30. The average Bonchev–Trinajstić information content (AvgIpc) is 2.43. The van der Waals surface area contributed by atoms with E-state index in [1.165, 1.54) is 32.4 Å². The second-order valence-electron chi connectivity index (χ2n) is 5.40. The van der Waals surface area contributed by atoms with Crippen molar-refractivity contribution in [2.75, 3.05) is 14.2 Å². The number of carboxylic acid groups (broad SMARTS) is 1. The summed E-state index contributed by atoms with van der Waals surface area (Å²) in [6.07, 6.45) is 0.0519. The van der Waals surface area contributed by atoms with Crippen LogP contribution in [0.3, 0.4) is 0 Å². The van der Waals surface area contributed by atoms with E-state index in [0.717, 1.165) is 0 Å². The SMILES string of the molecule is COc1ccc(S(=O)(=O)NC(C)(C)CCC(=O)O)cc1OC. The average molecular weight is 331 g/mol. The molecule has 0 aliphatic rings. The van der Waals surface area contributed by atoms with Crippen molar-refractivity contribution in [3.8, 4) is 11.5 Å². The van der Waals surface area contributed by atoms with Crippen molar-refractivity contribution < 1.29 is 27.8 Å². The van der Waals surface area contributed by atoms with Crippen LogP contribution in [0.25, 0.3) is 0 Å². The lowest BCUT2D eigenvalue weighted by atomic mass is 10.0. The minimum absolute atomic E-state index is 0.0218. The van der Waals surface area contributed by atoms with Crippen LogP contribution >= 0.6 is 0 Å². The zero-order valence-corrected chi connectivity index (χ0v) is 13.9. The van der Waals surface area contributed by atoms with Crippen LogP contribution in [0.15, 0.2) is 23.1 Å². The molecule has 0 saturated heterocycles. The highest BCUT2D eigenvalue weighted by Gasteiger charge is 2.27. The molecule has 0 bridgehead atoms. The lowest BCUT2D eigenvalue weighted by molar-refractivity contribution is -0.137. The molecule has 0 heterocycles. The Hall–Kier alpha value is -1.80. The summed E-state index contributed by atoms with van der Waals surface area (Å²) in [5, 5.41) is 8.71. The highest BCUT2D eigenvalue weighted by atomic mass is 32.2. The summed E-state index contributed by atoms with van der Waals surface area (Å²) in [4.78, 5) is 10.6. The second-order valence-corrected chi connectivity index (χ2v) is 7.08. The molecule has 0 saturated carbocycles. The first-order valence-corrected chi connectivity index (χ1v) is 8.07. The van der Waals surface area contributed by atoms with Gasteiger partial charge >= 0.3 is 5.97 Å². The minimum atomic E-state index is -3.80. The molecule has 0 fully saturated rings. The Morgan fingerprint density at radius 3 is 2.32 bits per heavy atom. The molecule has 1 aromatic rings. The molecule has 0 aliphatic heterocycles. The first-order valence-electron chi connectivity index (χ1n) is 6.59.